The number of aromatic nitrogens is 2. The van der Waals surface area contributed by atoms with Gasteiger partial charge in [-0.25, -0.2) is 4.68 Å². The SMILES string of the molecule is COC1=C/C(=C\Cc2c(N)n3n(c2=O)CCCC3)C(N)=CC1=NCCO. The average molecular weight is 359 g/mol. The van der Waals surface area contributed by atoms with Crippen LogP contribution in [-0.4, -0.2) is 40.4 Å². The summed E-state index contributed by atoms with van der Waals surface area (Å²) in [5.41, 5.74) is 14.8. The van der Waals surface area contributed by atoms with Crippen LogP contribution in [-0.2, 0) is 24.2 Å². The smallest absolute Gasteiger partial charge is 0.272 e. The normalized spacial score (nSPS) is 20.1. The van der Waals surface area contributed by atoms with Crippen LogP contribution in [0.3, 0.4) is 0 Å². The Kier molecular flexibility index (Phi) is 5.32. The number of aliphatic hydroxyl groups excluding tert-OH is 1. The first kappa shape index (κ1) is 18.1. The lowest BCUT2D eigenvalue weighted by Crippen LogP contribution is -2.28. The van der Waals surface area contributed by atoms with Crippen molar-refractivity contribution in [2.45, 2.75) is 32.4 Å². The standard InChI is InChI=1S/C18H25N5O3/c1-26-16-10-12(14(19)11-15(16)21-6-9-24)4-5-13-17(20)22-7-2-3-8-23(22)18(13)25/h4,10-11,24H,2-3,5-9,19-20H2,1H3/b12-4+,21-15?. The molecule has 0 aromatic carbocycles. The Labute approximate surface area is 151 Å². The molecule has 140 valence electrons. The molecule has 2 aliphatic rings. The molecule has 1 aromatic rings. The highest BCUT2D eigenvalue weighted by molar-refractivity contribution is 6.09. The zero-order valence-electron chi connectivity index (χ0n) is 14.9. The topological polar surface area (TPSA) is 121 Å². The van der Waals surface area contributed by atoms with Crippen molar-refractivity contribution in [3.8, 4) is 0 Å². The van der Waals surface area contributed by atoms with Gasteiger partial charge in [-0.1, -0.05) is 6.08 Å². The molecule has 0 spiro atoms. The first-order valence-corrected chi connectivity index (χ1v) is 8.73. The molecule has 8 heteroatoms. The fourth-order valence-electron chi connectivity index (χ4n) is 3.29. The fourth-order valence-corrected chi connectivity index (χ4v) is 3.29. The molecule has 0 fully saturated rings. The van der Waals surface area contributed by atoms with Gasteiger partial charge >= 0.3 is 0 Å². The molecule has 0 bridgehead atoms. The van der Waals surface area contributed by atoms with Crippen LogP contribution in [0.4, 0.5) is 5.82 Å². The summed E-state index contributed by atoms with van der Waals surface area (Å²) in [7, 11) is 1.56. The third-order valence-corrected chi connectivity index (χ3v) is 4.65. The minimum absolute atomic E-state index is 0.0291. The van der Waals surface area contributed by atoms with Crippen molar-refractivity contribution in [3.05, 3.63) is 51.2 Å². The molecule has 5 N–H and O–H groups in total. The van der Waals surface area contributed by atoms with Crippen LogP contribution < -0.4 is 17.0 Å². The van der Waals surface area contributed by atoms with Gasteiger partial charge < -0.3 is 21.3 Å². The van der Waals surface area contributed by atoms with Gasteiger partial charge in [0.2, 0.25) is 0 Å². The summed E-state index contributed by atoms with van der Waals surface area (Å²) in [6, 6.07) is 0. The highest BCUT2D eigenvalue weighted by Crippen LogP contribution is 2.21. The van der Waals surface area contributed by atoms with E-state index in [1.165, 1.54) is 0 Å². The van der Waals surface area contributed by atoms with Gasteiger partial charge in [0.1, 0.15) is 17.3 Å². The summed E-state index contributed by atoms with van der Waals surface area (Å²) in [6.45, 7) is 1.72. The molecule has 0 unspecified atom stereocenters. The number of nitrogen functional groups attached to an aromatic ring is 1. The lowest BCUT2D eigenvalue weighted by atomic mass is 10.0. The molecular formula is C18H25N5O3. The van der Waals surface area contributed by atoms with Gasteiger partial charge in [0.25, 0.3) is 5.56 Å². The van der Waals surface area contributed by atoms with E-state index in [1.54, 1.807) is 23.9 Å². The molecular weight excluding hydrogens is 334 g/mol. The number of anilines is 1. The fraction of sp³-hybridized carbons (Fsp3) is 0.444. The maximum absolute atomic E-state index is 12.6. The largest absolute Gasteiger partial charge is 0.494 e. The Hall–Kier alpha value is -2.74. The van der Waals surface area contributed by atoms with Crippen LogP contribution in [0.15, 0.2) is 45.0 Å². The van der Waals surface area contributed by atoms with Gasteiger partial charge in [-0.2, -0.15) is 0 Å². The summed E-state index contributed by atoms with van der Waals surface area (Å²) >= 11 is 0. The van der Waals surface area contributed by atoms with Crippen LogP contribution in [0.1, 0.15) is 18.4 Å². The minimum atomic E-state index is -0.0422. The second-order valence-electron chi connectivity index (χ2n) is 6.29. The number of nitrogens with two attached hydrogens (primary N) is 2. The van der Waals surface area contributed by atoms with Crippen molar-refractivity contribution in [1.29, 1.82) is 0 Å². The monoisotopic (exact) mass is 359 g/mol. The van der Waals surface area contributed by atoms with Crippen LogP contribution >= 0.6 is 0 Å². The molecule has 0 amide bonds. The second-order valence-corrected chi connectivity index (χ2v) is 6.29. The van der Waals surface area contributed by atoms with E-state index in [9.17, 15) is 4.79 Å². The summed E-state index contributed by atoms with van der Waals surface area (Å²) in [6.07, 6.45) is 7.81. The summed E-state index contributed by atoms with van der Waals surface area (Å²) < 4.78 is 8.95. The van der Waals surface area contributed by atoms with E-state index in [0.717, 1.165) is 25.0 Å². The van der Waals surface area contributed by atoms with E-state index in [1.807, 2.05) is 10.8 Å². The zero-order chi connectivity index (χ0) is 18.7. The van der Waals surface area contributed by atoms with Crippen molar-refractivity contribution in [2.24, 2.45) is 10.7 Å². The van der Waals surface area contributed by atoms with Crippen LogP contribution in [0.25, 0.3) is 0 Å². The van der Waals surface area contributed by atoms with E-state index < -0.39 is 0 Å². The molecule has 0 saturated heterocycles. The number of methoxy groups -OCH3 is 1. The van der Waals surface area contributed by atoms with Crippen molar-refractivity contribution in [3.63, 3.8) is 0 Å². The number of aliphatic hydroxyl groups is 1. The number of ether oxygens (including phenoxy) is 1. The molecule has 26 heavy (non-hydrogen) atoms. The van der Waals surface area contributed by atoms with Gasteiger partial charge in [-0.3, -0.25) is 14.5 Å². The number of hydrogen-bond donors (Lipinski definition) is 3. The summed E-state index contributed by atoms with van der Waals surface area (Å²) in [5.74, 6) is 1.10. The van der Waals surface area contributed by atoms with Gasteiger partial charge in [-0.05, 0) is 30.6 Å². The summed E-state index contributed by atoms with van der Waals surface area (Å²) in [4.78, 5) is 16.8. The Morgan fingerprint density at radius 3 is 2.65 bits per heavy atom. The van der Waals surface area contributed by atoms with Crippen molar-refractivity contribution < 1.29 is 9.84 Å². The number of rotatable bonds is 5. The van der Waals surface area contributed by atoms with E-state index in [0.29, 0.717) is 41.5 Å². The molecule has 1 aromatic heterocycles. The van der Waals surface area contributed by atoms with Gasteiger partial charge in [0.05, 0.1) is 25.8 Å². The number of fused-ring (bicyclic) bond motifs is 1. The average Bonchev–Trinajstić information content (AvgIpc) is 2.90. The van der Waals surface area contributed by atoms with E-state index in [2.05, 4.69) is 4.99 Å². The third-order valence-electron chi connectivity index (χ3n) is 4.65. The number of allylic oxidation sites excluding steroid dienone is 3. The van der Waals surface area contributed by atoms with E-state index in [-0.39, 0.29) is 18.7 Å². The second kappa shape index (κ2) is 7.65. The van der Waals surface area contributed by atoms with E-state index >= 15 is 0 Å². The maximum atomic E-state index is 12.6. The molecule has 8 nitrogen and oxygen atoms in total. The summed E-state index contributed by atoms with van der Waals surface area (Å²) in [5, 5.41) is 8.93. The number of aliphatic imine (C=N–C) groups is 1. The molecule has 1 aliphatic heterocycles. The number of nitrogens with zero attached hydrogens (tertiary/aromatic N) is 3. The Morgan fingerprint density at radius 1 is 1.27 bits per heavy atom. The van der Waals surface area contributed by atoms with Gasteiger partial charge in [-0.15, -0.1) is 0 Å². The Bertz CT molecular complexity index is 870. The molecule has 0 atom stereocenters. The van der Waals surface area contributed by atoms with Crippen LogP contribution in [0.2, 0.25) is 0 Å². The zero-order valence-corrected chi connectivity index (χ0v) is 14.9. The first-order chi connectivity index (χ1) is 12.6. The predicted octanol–water partition coefficient (Wildman–Crippen LogP) is 0.315. The molecule has 3 rings (SSSR count). The highest BCUT2D eigenvalue weighted by Gasteiger charge is 2.20. The molecule has 0 radical (unpaired) electrons. The van der Waals surface area contributed by atoms with Crippen LogP contribution in [0, 0.1) is 0 Å². The Balaban J connectivity index is 1.89. The third kappa shape index (κ3) is 3.32. The Morgan fingerprint density at radius 2 is 2.00 bits per heavy atom. The van der Waals surface area contributed by atoms with E-state index in [4.69, 9.17) is 21.3 Å². The van der Waals surface area contributed by atoms with Crippen molar-refractivity contribution in [2.75, 3.05) is 26.0 Å². The lowest BCUT2D eigenvalue weighted by Gasteiger charge is -2.17. The van der Waals surface area contributed by atoms with Crippen LogP contribution in [0.5, 0.6) is 0 Å². The minimum Gasteiger partial charge on any atom is -0.494 e. The van der Waals surface area contributed by atoms with Gasteiger partial charge in [0, 0.05) is 25.2 Å². The van der Waals surface area contributed by atoms with Gasteiger partial charge in [0.15, 0.2) is 0 Å². The molecule has 1 aliphatic carbocycles. The molecule has 2 heterocycles. The first-order valence-electron chi connectivity index (χ1n) is 8.73. The number of hydrogen-bond acceptors (Lipinski definition) is 6. The quantitative estimate of drug-likeness (QED) is 0.699. The lowest BCUT2D eigenvalue weighted by molar-refractivity contribution is 0.304. The van der Waals surface area contributed by atoms with Crippen molar-refractivity contribution in [1.82, 2.24) is 9.36 Å². The predicted molar refractivity (Wildman–Crippen MR) is 101 cm³/mol. The maximum Gasteiger partial charge on any atom is 0.272 e. The van der Waals surface area contributed by atoms with Crippen molar-refractivity contribution >= 4 is 11.5 Å². The highest BCUT2D eigenvalue weighted by atomic mass is 16.5. The molecule has 0 saturated carbocycles.